The van der Waals surface area contributed by atoms with Crippen molar-refractivity contribution in [3.63, 3.8) is 0 Å². The van der Waals surface area contributed by atoms with Crippen LogP contribution in [-0.4, -0.2) is 18.5 Å². The molecule has 1 amide bonds. The Morgan fingerprint density at radius 3 is 2.75 bits per heavy atom. The minimum atomic E-state index is 0.167. The average Bonchev–Trinajstić information content (AvgIpc) is 2.61. The maximum absolute atomic E-state index is 12.3. The van der Waals surface area contributed by atoms with Crippen molar-refractivity contribution in [2.75, 3.05) is 6.54 Å². The SMILES string of the molecule is C[C@H]([NH2+]CC(=O)N[C@H]1CCCC[C@H]1C)c1cccc2ccccc12. The van der Waals surface area contributed by atoms with Crippen molar-refractivity contribution >= 4 is 16.7 Å². The predicted octanol–water partition coefficient (Wildman–Crippen LogP) is 3.16. The largest absolute Gasteiger partial charge is 0.348 e. The summed E-state index contributed by atoms with van der Waals surface area (Å²) in [7, 11) is 0. The number of quaternary nitrogens is 1. The van der Waals surface area contributed by atoms with Crippen LogP contribution >= 0.6 is 0 Å². The Bertz CT molecular complexity index is 692. The van der Waals surface area contributed by atoms with Gasteiger partial charge in [0.05, 0.1) is 0 Å². The van der Waals surface area contributed by atoms with Crippen molar-refractivity contribution < 1.29 is 10.1 Å². The molecule has 0 radical (unpaired) electrons. The normalized spacial score (nSPS) is 22.2. The lowest BCUT2D eigenvalue weighted by Gasteiger charge is -2.29. The van der Waals surface area contributed by atoms with Gasteiger partial charge in [0.25, 0.3) is 5.91 Å². The van der Waals surface area contributed by atoms with E-state index in [4.69, 9.17) is 0 Å². The number of nitrogens with one attached hydrogen (secondary N) is 1. The Morgan fingerprint density at radius 1 is 1.17 bits per heavy atom. The lowest BCUT2D eigenvalue weighted by atomic mass is 9.86. The van der Waals surface area contributed by atoms with Gasteiger partial charge in [-0.15, -0.1) is 0 Å². The van der Waals surface area contributed by atoms with Crippen molar-refractivity contribution in [1.82, 2.24) is 5.32 Å². The van der Waals surface area contributed by atoms with E-state index < -0.39 is 0 Å². The van der Waals surface area contributed by atoms with Crippen LogP contribution in [0.5, 0.6) is 0 Å². The number of hydrogen-bond donors (Lipinski definition) is 2. The number of nitrogens with two attached hydrogens (primary N) is 1. The van der Waals surface area contributed by atoms with E-state index in [9.17, 15) is 4.79 Å². The van der Waals surface area contributed by atoms with Crippen LogP contribution in [0.3, 0.4) is 0 Å². The molecule has 1 saturated carbocycles. The summed E-state index contributed by atoms with van der Waals surface area (Å²) in [6.07, 6.45) is 4.91. The van der Waals surface area contributed by atoms with Gasteiger partial charge in [0.1, 0.15) is 6.04 Å². The molecule has 1 aliphatic carbocycles. The number of amides is 1. The Labute approximate surface area is 144 Å². The van der Waals surface area contributed by atoms with Gasteiger partial charge in [-0.05, 0) is 36.5 Å². The van der Waals surface area contributed by atoms with Gasteiger partial charge >= 0.3 is 0 Å². The third-order valence-electron chi connectivity index (χ3n) is 5.43. The molecule has 3 N–H and O–H groups in total. The molecule has 0 aromatic heterocycles. The Morgan fingerprint density at radius 2 is 1.92 bits per heavy atom. The number of carbonyl (C=O) groups excluding carboxylic acids is 1. The van der Waals surface area contributed by atoms with Crippen molar-refractivity contribution in [3.05, 3.63) is 48.0 Å². The third kappa shape index (κ3) is 3.96. The van der Waals surface area contributed by atoms with Gasteiger partial charge in [-0.2, -0.15) is 0 Å². The van der Waals surface area contributed by atoms with E-state index in [2.05, 4.69) is 66.9 Å². The fourth-order valence-corrected chi connectivity index (χ4v) is 3.85. The Balaban J connectivity index is 1.58. The maximum Gasteiger partial charge on any atom is 0.275 e. The first kappa shape index (κ1) is 17.0. The van der Waals surface area contributed by atoms with Crippen molar-refractivity contribution in [1.29, 1.82) is 0 Å². The topological polar surface area (TPSA) is 45.7 Å². The van der Waals surface area contributed by atoms with Crippen LogP contribution in [0.2, 0.25) is 0 Å². The highest BCUT2D eigenvalue weighted by Crippen LogP contribution is 2.24. The molecule has 128 valence electrons. The first-order valence-corrected chi connectivity index (χ1v) is 9.25. The summed E-state index contributed by atoms with van der Waals surface area (Å²) in [6.45, 7) is 4.93. The van der Waals surface area contributed by atoms with Crippen LogP contribution in [0.4, 0.5) is 0 Å². The van der Waals surface area contributed by atoms with E-state index in [1.807, 2.05) is 0 Å². The van der Waals surface area contributed by atoms with Gasteiger partial charge in [-0.1, -0.05) is 62.2 Å². The van der Waals surface area contributed by atoms with Gasteiger partial charge in [0, 0.05) is 11.6 Å². The predicted molar refractivity (Wildman–Crippen MR) is 98.7 cm³/mol. The van der Waals surface area contributed by atoms with Gasteiger partial charge in [0.15, 0.2) is 6.54 Å². The van der Waals surface area contributed by atoms with Crippen LogP contribution in [0.1, 0.15) is 51.1 Å². The first-order valence-electron chi connectivity index (χ1n) is 9.25. The van der Waals surface area contributed by atoms with Crippen LogP contribution in [0, 0.1) is 5.92 Å². The van der Waals surface area contributed by atoms with Gasteiger partial charge in [-0.3, -0.25) is 4.79 Å². The molecule has 0 heterocycles. The highest BCUT2D eigenvalue weighted by Gasteiger charge is 2.23. The molecule has 2 aromatic rings. The molecule has 0 saturated heterocycles. The molecule has 0 unspecified atom stereocenters. The zero-order valence-corrected chi connectivity index (χ0v) is 14.8. The van der Waals surface area contributed by atoms with Crippen LogP contribution in [-0.2, 0) is 4.79 Å². The first-order chi connectivity index (χ1) is 11.6. The number of fused-ring (bicyclic) bond motifs is 1. The van der Waals surface area contributed by atoms with Crippen LogP contribution in [0.15, 0.2) is 42.5 Å². The molecular formula is C21H29N2O+. The summed E-state index contributed by atoms with van der Waals surface area (Å²) in [4.78, 5) is 12.3. The number of benzene rings is 2. The highest BCUT2D eigenvalue weighted by molar-refractivity contribution is 5.86. The summed E-state index contributed by atoms with van der Waals surface area (Å²) >= 11 is 0. The smallest absolute Gasteiger partial charge is 0.275 e. The minimum Gasteiger partial charge on any atom is -0.348 e. The van der Waals surface area contributed by atoms with Gasteiger partial charge < -0.3 is 10.6 Å². The second kappa shape index (κ2) is 7.80. The molecule has 24 heavy (non-hydrogen) atoms. The molecule has 0 spiro atoms. The molecule has 2 aromatic carbocycles. The van der Waals surface area contributed by atoms with Gasteiger partial charge in [0.2, 0.25) is 0 Å². The monoisotopic (exact) mass is 325 g/mol. The molecule has 3 nitrogen and oxygen atoms in total. The summed E-state index contributed by atoms with van der Waals surface area (Å²) in [5, 5.41) is 7.93. The van der Waals surface area contributed by atoms with E-state index in [-0.39, 0.29) is 11.9 Å². The lowest BCUT2D eigenvalue weighted by molar-refractivity contribution is -0.682. The molecule has 0 aliphatic heterocycles. The summed E-state index contributed by atoms with van der Waals surface area (Å²) in [6, 6.07) is 15.5. The standard InChI is InChI=1S/C21H28N2O/c1-15-8-3-6-13-20(15)23-21(24)14-22-16(2)18-12-7-10-17-9-4-5-11-19(17)18/h4-5,7,9-12,15-16,20,22H,3,6,8,13-14H2,1-2H3,(H,23,24)/p+1/t15-,16+,20+/m1/s1. The molecular weight excluding hydrogens is 296 g/mol. The highest BCUT2D eigenvalue weighted by atomic mass is 16.2. The van der Waals surface area contributed by atoms with E-state index in [0.29, 0.717) is 18.5 Å². The maximum atomic E-state index is 12.3. The molecule has 3 heteroatoms. The van der Waals surface area contributed by atoms with E-state index in [1.54, 1.807) is 0 Å². The van der Waals surface area contributed by atoms with Crippen LogP contribution < -0.4 is 10.6 Å². The quantitative estimate of drug-likeness (QED) is 0.871. The molecule has 1 fully saturated rings. The fraction of sp³-hybridized carbons (Fsp3) is 0.476. The fourth-order valence-electron chi connectivity index (χ4n) is 3.85. The minimum absolute atomic E-state index is 0.167. The van der Waals surface area contributed by atoms with Crippen molar-refractivity contribution in [3.8, 4) is 0 Å². The van der Waals surface area contributed by atoms with Crippen molar-refractivity contribution in [2.45, 2.75) is 51.6 Å². The van der Waals surface area contributed by atoms with E-state index >= 15 is 0 Å². The second-order valence-corrected chi connectivity index (χ2v) is 7.23. The van der Waals surface area contributed by atoms with Crippen molar-refractivity contribution in [2.24, 2.45) is 5.92 Å². The number of rotatable bonds is 5. The Kier molecular flexibility index (Phi) is 5.52. The zero-order valence-electron chi connectivity index (χ0n) is 14.8. The second-order valence-electron chi connectivity index (χ2n) is 7.23. The number of hydrogen-bond acceptors (Lipinski definition) is 1. The Hall–Kier alpha value is -1.87. The molecule has 3 atom stereocenters. The molecule has 0 bridgehead atoms. The number of carbonyl (C=O) groups is 1. The lowest BCUT2D eigenvalue weighted by Crippen LogP contribution is -2.87. The summed E-state index contributed by atoms with van der Waals surface area (Å²) in [5.41, 5.74) is 1.30. The molecule has 3 rings (SSSR count). The summed E-state index contributed by atoms with van der Waals surface area (Å²) < 4.78 is 0. The van der Waals surface area contributed by atoms with Gasteiger partial charge in [-0.25, -0.2) is 0 Å². The average molecular weight is 325 g/mol. The van der Waals surface area contributed by atoms with Crippen LogP contribution in [0.25, 0.3) is 10.8 Å². The van der Waals surface area contributed by atoms with E-state index in [1.165, 1.54) is 35.6 Å². The van der Waals surface area contributed by atoms with E-state index in [0.717, 1.165) is 6.42 Å². The summed E-state index contributed by atoms with van der Waals surface area (Å²) in [5.74, 6) is 0.777. The third-order valence-corrected chi connectivity index (χ3v) is 5.43. The molecule has 1 aliphatic rings. The zero-order chi connectivity index (χ0) is 16.9.